The number of amides is 2. The fourth-order valence-corrected chi connectivity index (χ4v) is 1.65. The molecule has 0 atom stereocenters. The van der Waals surface area contributed by atoms with E-state index in [9.17, 15) is 14.4 Å². The smallest absolute Gasteiger partial charge is 0.326 e. The van der Waals surface area contributed by atoms with Crippen LogP contribution in [0, 0.1) is 11.3 Å². The predicted octanol–water partition coefficient (Wildman–Crippen LogP) is 1.18. The highest BCUT2D eigenvalue weighted by molar-refractivity contribution is 6.02. The average Bonchev–Trinajstić information content (AvgIpc) is 2.77. The Hall–Kier alpha value is -2.94. The second-order valence-corrected chi connectivity index (χ2v) is 4.06. The van der Waals surface area contributed by atoms with Crippen LogP contribution >= 0.6 is 0 Å². The maximum Gasteiger partial charge on any atom is 0.356 e. The number of hydroxylamine groups is 2. The van der Waals surface area contributed by atoms with Gasteiger partial charge >= 0.3 is 5.97 Å². The Kier molecular flexibility index (Phi) is 3.91. The van der Waals surface area contributed by atoms with Gasteiger partial charge in [0.2, 0.25) is 0 Å². The van der Waals surface area contributed by atoms with Crippen LogP contribution in [0.4, 0.5) is 0 Å². The van der Waals surface area contributed by atoms with E-state index in [0.717, 1.165) is 6.08 Å². The first-order valence-electron chi connectivity index (χ1n) is 5.86. The van der Waals surface area contributed by atoms with Crippen molar-refractivity contribution >= 4 is 23.9 Å². The maximum absolute atomic E-state index is 11.5. The van der Waals surface area contributed by atoms with E-state index in [-0.39, 0.29) is 12.8 Å². The van der Waals surface area contributed by atoms with Gasteiger partial charge in [0.05, 0.1) is 11.6 Å². The van der Waals surface area contributed by atoms with Crippen molar-refractivity contribution in [2.75, 3.05) is 0 Å². The second-order valence-electron chi connectivity index (χ2n) is 4.06. The van der Waals surface area contributed by atoms with Crippen LogP contribution in [0.3, 0.4) is 0 Å². The third-order valence-electron chi connectivity index (χ3n) is 2.61. The van der Waals surface area contributed by atoms with Crippen molar-refractivity contribution in [3.8, 4) is 6.07 Å². The first-order valence-corrected chi connectivity index (χ1v) is 5.86. The predicted molar refractivity (Wildman–Crippen MR) is 67.4 cm³/mol. The van der Waals surface area contributed by atoms with Crippen LogP contribution < -0.4 is 0 Å². The summed E-state index contributed by atoms with van der Waals surface area (Å²) >= 11 is 0. The van der Waals surface area contributed by atoms with Gasteiger partial charge in [-0.25, -0.2) is 4.79 Å². The number of imide groups is 1. The average molecular weight is 270 g/mol. The normalized spacial score (nSPS) is 14.7. The molecule has 100 valence electrons. The van der Waals surface area contributed by atoms with E-state index in [2.05, 4.69) is 4.84 Å². The molecule has 1 aliphatic rings. The number of nitriles is 1. The van der Waals surface area contributed by atoms with Gasteiger partial charge in [0.15, 0.2) is 0 Å². The van der Waals surface area contributed by atoms with E-state index >= 15 is 0 Å². The van der Waals surface area contributed by atoms with Gasteiger partial charge in [0, 0.05) is 18.9 Å². The molecular weight excluding hydrogens is 260 g/mol. The van der Waals surface area contributed by atoms with Crippen LogP contribution in [-0.4, -0.2) is 22.8 Å². The third-order valence-corrected chi connectivity index (χ3v) is 2.61. The first kappa shape index (κ1) is 13.5. The molecule has 1 saturated heterocycles. The monoisotopic (exact) mass is 270 g/mol. The molecule has 20 heavy (non-hydrogen) atoms. The van der Waals surface area contributed by atoms with E-state index in [0.29, 0.717) is 16.2 Å². The third kappa shape index (κ3) is 3.09. The molecule has 0 spiro atoms. The van der Waals surface area contributed by atoms with Crippen molar-refractivity contribution in [1.29, 1.82) is 5.26 Å². The fourth-order valence-electron chi connectivity index (χ4n) is 1.65. The highest BCUT2D eigenvalue weighted by atomic mass is 16.7. The van der Waals surface area contributed by atoms with E-state index in [1.807, 2.05) is 6.07 Å². The molecular formula is C14H10N2O4. The summed E-state index contributed by atoms with van der Waals surface area (Å²) in [6, 6.07) is 8.59. The van der Waals surface area contributed by atoms with Crippen molar-refractivity contribution in [1.82, 2.24) is 5.06 Å². The molecule has 0 saturated carbocycles. The highest BCUT2D eigenvalue weighted by Gasteiger charge is 2.32. The minimum Gasteiger partial charge on any atom is -0.326 e. The largest absolute Gasteiger partial charge is 0.356 e. The van der Waals surface area contributed by atoms with Crippen molar-refractivity contribution in [2.24, 2.45) is 0 Å². The van der Waals surface area contributed by atoms with Gasteiger partial charge < -0.3 is 4.84 Å². The topological polar surface area (TPSA) is 87.5 Å². The van der Waals surface area contributed by atoms with Gasteiger partial charge in [-0.2, -0.15) is 5.26 Å². The van der Waals surface area contributed by atoms with Crippen LogP contribution in [0.25, 0.3) is 6.08 Å². The van der Waals surface area contributed by atoms with Gasteiger partial charge in [-0.1, -0.05) is 12.1 Å². The zero-order valence-corrected chi connectivity index (χ0v) is 10.4. The van der Waals surface area contributed by atoms with E-state index < -0.39 is 17.8 Å². The zero-order valence-electron chi connectivity index (χ0n) is 10.4. The lowest BCUT2D eigenvalue weighted by Crippen LogP contribution is -2.31. The summed E-state index contributed by atoms with van der Waals surface area (Å²) in [5.41, 5.74) is 1.10. The van der Waals surface area contributed by atoms with Gasteiger partial charge in [0.1, 0.15) is 0 Å². The Morgan fingerprint density at radius 2 is 2.00 bits per heavy atom. The van der Waals surface area contributed by atoms with Crippen LogP contribution in [0.1, 0.15) is 24.0 Å². The summed E-state index contributed by atoms with van der Waals surface area (Å²) in [7, 11) is 0. The molecule has 6 nitrogen and oxygen atoms in total. The number of benzene rings is 1. The van der Waals surface area contributed by atoms with Gasteiger partial charge in [0.25, 0.3) is 11.8 Å². The first-order chi connectivity index (χ1) is 9.60. The number of nitrogens with zero attached hydrogens (tertiary/aromatic N) is 2. The molecule has 2 amide bonds. The number of carbonyl (C=O) groups is 3. The lowest BCUT2D eigenvalue weighted by Gasteiger charge is -2.10. The molecule has 0 N–H and O–H groups in total. The summed E-state index contributed by atoms with van der Waals surface area (Å²) in [6.07, 6.45) is 2.64. The molecule has 0 radical (unpaired) electrons. The number of carbonyl (C=O) groups excluding carboxylic acids is 3. The standard InChI is InChI=1S/C14H10N2O4/c15-9-11-3-1-2-10(8-11)4-7-14(19)20-16-12(17)5-6-13(16)18/h1-4,7-8H,5-6H2/b7-4+. The van der Waals surface area contributed by atoms with Crippen molar-refractivity contribution in [2.45, 2.75) is 12.8 Å². The second kappa shape index (κ2) is 5.80. The fraction of sp³-hybridized carbons (Fsp3) is 0.143. The van der Waals surface area contributed by atoms with E-state index in [4.69, 9.17) is 5.26 Å². The molecule has 1 aromatic rings. The van der Waals surface area contributed by atoms with Crippen molar-refractivity contribution in [3.63, 3.8) is 0 Å². The van der Waals surface area contributed by atoms with Crippen LogP contribution in [0.15, 0.2) is 30.3 Å². The molecule has 1 aliphatic heterocycles. The lowest BCUT2D eigenvalue weighted by atomic mass is 10.1. The summed E-state index contributed by atoms with van der Waals surface area (Å²) in [5.74, 6) is -1.87. The van der Waals surface area contributed by atoms with Crippen LogP contribution in [0.5, 0.6) is 0 Å². The molecule has 6 heteroatoms. The Bertz CT molecular complexity index is 627. The Morgan fingerprint density at radius 1 is 1.30 bits per heavy atom. The Balaban J connectivity index is 2.00. The molecule has 1 heterocycles. The van der Waals surface area contributed by atoms with E-state index in [1.165, 1.54) is 6.08 Å². The molecule has 0 bridgehead atoms. The lowest BCUT2D eigenvalue weighted by molar-refractivity contribution is -0.193. The summed E-state index contributed by atoms with van der Waals surface area (Å²) in [5, 5.41) is 9.22. The summed E-state index contributed by atoms with van der Waals surface area (Å²) < 4.78 is 0. The molecule has 0 aliphatic carbocycles. The van der Waals surface area contributed by atoms with Gasteiger partial charge in [-0.05, 0) is 23.8 Å². The maximum atomic E-state index is 11.5. The van der Waals surface area contributed by atoms with E-state index in [1.54, 1.807) is 24.3 Å². The Morgan fingerprint density at radius 3 is 2.65 bits per heavy atom. The van der Waals surface area contributed by atoms with Crippen molar-refractivity contribution < 1.29 is 19.2 Å². The Labute approximate surface area is 114 Å². The minimum absolute atomic E-state index is 0.0556. The van der Waals surface area contributed by atoms with Crippen LogP contribution in [0.2, 0.25) is 0 Å². The summed E-state index contributed by atoms with van der Waals surface area (Å²) in [4.78, 5) is 38.6. The zero-order chi connectivity index (χ0) is 14.5. The number of hydrogen-bond acceptors (Lipinski definition) is 5. The molecule has 0 unspecified atom stereocenters. The molecule has 0 aromatic heterocycles. The highest BCUT2D eigenvalue weighted by Crippen LogP contribution is 2.12. The molecule has 1 fully saturated rings. The minimum atomic E-state index is -0.823. The van der Waals surface area contributed by atoms with Crippen molar-refractivity contribution in [3.05, 3.63) is 41.5 Å². The molecule has 2 rings (SSSR count). The van der Waals surface area contributed by atoms with Gasteiger partial charge in [-0.15, -0.1) is 5.06 Å². The number of hydrogen-bond donors (Lipinski definition) is 0. The molecule has 1 aromatic carbocycles. The number of rotatable bonds is 3. The quantitative estimate of drug-likeness (QED) is 0.608. The summed E-state index contributed by atoms with van der Waals surface area (Å²) in [6.45, 7) is 0. The van der Waals surface area contributed by atoms with Gasteiger partial charge in [-0.3, -0.25) is 9.59 Å². The van der Waals surface area contributed by atoms with Crippen LogP contribution in [-0.2, 0) is 19.2 Å². The SMILES string of the molecule is N#Cc1cccc(/C=C/C(=O)ON2C(=O)CCC2=O)c1.